The van der Waals surface area contributed by atoms with Crippen molar-refractivity contribution in [1.82, 2.24) is 0 Å². The first kappa shape index (κ1) is 12.9. The Bertz CT molecular complexity index is 440. The van der Waals surface area contributed by atoms with E-state index < -0.39 is 4.92 Å². The lowest BCUT2D eigenvalue weighted by molar-refractivity contribution is -0.385. The standard InChI is InChI=1S/C11H13N3O3/c1-17-6-2-5-13-10-3-4-11(14(15)16)9(7-10)8-12/h3-4,7,13H,2,5-6H2,1H3. The molecular formula is C11H13N3O3. The smallest absolute Gasteiger partial charge is 0.287 e. The van der Waals surface area contributed by atoms with Crippen LogP contribution in [-0.4, -0.2) is 25.2 Å². The lowest BCUT2D eigenvalue weighted by Gasteiger charge is -2.06. The zero-order chi connectivity index (χ0) is 12.7. The Hall–Kier alpha value is -2.13. The fourth-order valence-corrected chi connectivity index (χ4v) is 1.34. The minimum Gasteiger partial charge on any atom is -0.385 e. The molecule has 0 aliphatic heterocycles. The predicted molar refractivity (Wildman–Crippen MR) is 62.8 cm³/mol. The number of ether oxygens (including phenoxy) is 1. The number of benzene rings is 1. The van der Waals surface area contributed by atoms with Crippen molar-refractivity contribution in [2.24, 2.45) is 0 Å². The molecule has 6 heteroatoms. The van der Waals surface area contributed by atoms with Gasteiger partial charge in [0.25, 0.3) is 5.69 Å². The molecule has 0 unspecified atom stereocenters. The third-order valence-corrected chi connectivity index (χ3v) is 2.17. The summed E-state index contributed by atoms with van der Waals surface area (Å²) in [6.45, 7) is 1.33. The monoisotopic (exact) mass is 235 g/mol. The van der Waals surface area contributed by atoms with Gasteiger partial charge in [0.05, 0.1) is 4.92 Å². The summed E-state index contributed by atoms with van der Waals surface area (Å²) < 4.78 is 4.89. The first-order valence-corrected chi connectivity index (χ1v) is 5.10. The van der Waals surface area contributed by atoms with Crippen LogP contribution < -0.4 is 5.32 Å². The second-order valence-corrected chi connectivity index (χ2v) is 3.37. The molecule has 1 rings (SSSR count). The van der Waals surface area contributed by atoms with Crippen molar-refractivity contribution in [2.75, 3.05) is 25.6 Å². The minimum atomic E-state index is -0.562. The summed E-state index contributed by atoms with van der Waals surface area (Å²) >= 11 is 0. The van der Waals surface area contributed by atoms with Gasteiger partial charge in [-0.1, -0.05) is 0 Å². The van der Waals surface area contributed by atoms with Gasteiger partial charge in [-0.15, -0.1) is 0 Å². The van der Waals surface area contributed by atoms with Crippen molar-refractivity contribution in [1.29, 1.82) is 5.26 Å². The number of nitrogens with one attached hydrogen (secondary N) is 1. The van der Waals surface area contributed by atoms with Crippen LogP contribution in [0.4, 0.5) is 11.4 Å². The Labute approximate surface area is 99.0 Å². The maximum atomic E-state index is 10.6. The van der Waals surface area contributed by atoms with E-state index in [1.165, 1.54) is 12.1 Å². The van der Waals surface area contributed by atoms with E-state index in [0.29, 0.717) is 18.8 Å². The van der Waals surface area contributed by atoms with Crippen LogP contribution in [0.25, 0.3) is 0 Å². The van der Waals surface area contributed by atoms with Gasteiger partial charge in [-0.25, -0.2) is 0 Å². The molecule has 0 aliphatic carbocycles. The van der Waals surface area contributed by atoms with E-state index >= 15 is 0 Å². The summed E-state index contributed by atoms with van der Waals surface area (Å²) in [6, 6.07) is 6.21. The van der Waals surface area contributed by atoms with Crippen LogP contribution in [-0.2, 0) is 4.74 Å². The Balaban J connectivity index is 2.70. The molecule has 0 amide bonds. The SMILES string of the molecule is COCCCNc1ccc([N+](=O)[O-])c(C#N)c1. The number of hydrogen-bond acceptors (Lipinski definition) is 5. The van der Waals surface area contributed by atoms with Gasteiger partial charge in [-0.05, 0) is 18.6 Å². The number of hydrogen-bond donors (Lipinski definition) is 1. The molecule has 0 bridgehead atoms. The van der Waals surface area contributed by atoms with Gasteiger partial charge in [0.1, 0.15) is 11.6 Å². The second-order valence-electron chi connectivity index (χ2n) is 3.37. The molecule has 1 N–H and O–H groups in total. The summed E-state index contributed by atoms with van der Waals surface area (Å²) in [5.41, 5.74) is 0.588. The molecule has 1 aromatic carbocycles. The summed E-state index contributed by atoms with van der Waals surface area (Å²) in [4.78, 5) is 10.0. The van der Waals surface area contributed by atoms with Gasteiger partial charge in [-0.3, -0.25) is 10.1 Å². The molecule has 0 atom stereocenters. The molecule has 0 saturated carbocycles. The van der Waals surface area contributed by atoms with E-state index in [9.17, 15) is 10.1 Å². The molecule has 0 radical (unpaired) electrons. The number of methoxy groups -OCH3 is 1. The largest absolute Gasteiger partial charge is 0.385 e. The highest BCUT2D eigenvalue weighted by Gasteiger charge is 2.13. The number of anilines is 1. The fraction of sp³-hybridized carbons (Fsp3) is 0.364. The lowest BCUT2D eigenvalue weighted by atomic mass is 10.1. The van der Waals surface area contributed by atoms with Crippen LogP contribution in [0.15, 0.2) is 18.2 Å². The van der Waals surface area contributed by atoms with E-state index in [4.69, 9.17) is 10.00 Å². The van der Waals surface area contributed by atoms with Crippen LogP contribution in [0.3, 0.4) is 0 Å². The fourth-order valence-electron chi connectivity index (χ4n) is 1.34. The average Bonchev–Trinajstić information content (AvgIpc) is 2.34. The minimum absolute atomic E-state index is 0.0618. The molecule has 17 heavy (non-hydrogen) atoms. The summed E-state index contributed by atoms with van der Waals surface area (Å²) in [7, 11) is 1.62. The zero-order valence-corrected chi connectivity index (χ0v) is 9.47. The first-order chi connectivity index (χ1) is 8.19. The molecule has 0 saturated heterocycles. The molecule has 0 aromatic heterocycles. The maximum Gasteiger partial charge on any atom is 0.287 e. The topological polar surface area (TPSA) is 88.2 Å². The number of nitriles is 1. The lowest BCUT2D eigenvalue weighted by Crippen LogP contribution is -2.05. The average molecular weight is 235 g/mol. The van der Waals surface area contributed by atoms with Gasteiger partial charge >= 0.3 is 0 Å². The second kappa shape index (κ2) is 6.45. The Morgan fingerprint density at radius 3 is 2.94 bits per heavy atom. The Morgan fingerprint density at radius 1 is 1.59 bits per heavy atom. The van der Waals surface area contributed by atoms with Gasteiger partial charge in [-0.2, -0.15) is 5.26 Å². The van der Waals surface area contributed by atoms with Crippen LogP contribution in [0.5, 0.6) is 0 Å². The molecule has 0 heterocycles. The number of nitro benzene ring substituents is 1. The van der Waals surface area contributed by atoms with Gasteiger partial charge in [0.2, 0.25) is 0 Å². The zero-order valence-electron chi connectivity index (χ0n) is 9.47. The van der Waals surface area contributed by atoms with Gasteiger partial charge in [0, 0.05) is 32.0 Å². The van der Waals surface area contributed by atoms with Crippen LogP contribution in [0, 0.1) is 21.4 Å². The number of rotatable bonds is 6. The van der Waals surface area contributed by atoms with Crippen LogP contribution in [0.1, 0.15) is 12.0 Å². The molecule has 90 valence electrons. The molecule has 0 fully saturated rings. The Kier molecular flexibility index (Phi) is 4.91. The van der Waals surface area contributed by atoms with E-state index in [0.717, 1.165) is 6.42 Å². The highest BCUT2D eigenvalue weighted by atomic mass is 16.6. The molecular weight excluding hydrogens is 222 g/mol. The van der Waals surface area contributed by atoms with Crippen LogP contribution >= 0.6 is 0 Å². The molecule has 0 aliphatic rings. The van der Waals surface area contributed by atoms with E-state index in [1.807, 2.05) is 6.07 Å². The van der Waals surface area contributed by atoms with Crippen LogP contribution in [0.2, 0.25) is 0 Å². The van der Waals surface area contributed by atoms with Crippen molar-refractivity contribution < 1.29 is 9.66 Å². The molecule has 1 aromatic rings. The predicted octanol–water partition coefficient (Wildman–Crippen LogP) is 1.91. The number of nitrogens with zero attached hydrogens (tertiary/aromatic N) is 2. The quantitative estimate of drug-likeness (QED) is 0.462. The third-order valence-electron chi connectivity index (χ3n) is 2.17. The van der Waals surface area contributed by atoms with E-state index in [2.05, 4.69) is 5.32 Å². The highest BCUT2D eigenvalue weighted by Crippen LogP contribution is 2.21. The van der Waals surface area contributed by atoms with Crippen molar-refractivity contribution in [3.8, 4) is 6.07 Å². The van der Waals surface area contributed by atoms with E-state index in [1.54, 1.807) is 13.2 Å². The van der Waals surface area contributed by atoms with Crippen molar-refractivity contribution >= 4 is 11.4 Å². The van der Waals surface area contributed by atoms with Gasteiger partial charge in [0.15, 0.2) is 0 Å². The van der Waals surface area contributed by atoms with Crippen molar-refractivity contribution in [3.63, 3.8) is 0 Å². The summed E-state index contributed by atoms with van der Waals surface area (Å²) in [5.74, 6) is 0. The first-order valence-electron chi connectivity index (χ1n) is 5.10. The van der Waals surface area contributed by atoms with Gasteiger partial charge < -0.3 is 10.1 Å². The van der Waals surface area contributed by atoms with E-state index in [-0.39, 0.29) is 11.3 Å². The molecule has 6 nitrogen and oxygen atoms in total. The summed E-state index contributed by atoms with van der Waals surface area (Å²) in [6.07, 6.45) is 0.829. The maximum absolute atomic E-state index is 10.6. The summed E-state index contributed by atoms with van der Waals surface area (Å²) in [5, 5.41) is 22.5. The van der Waals surface area contributed by atoms with Crippen molar-refractivity contribution in [3.05, 3.63) is 33.9 Å². The highest BCUT2D eigenvalue weighted by molar-refractivity contribution is 5.58. The molecule has 0 spiro atoms. The normalized spacial score (nSPS) is 9.65. The Morgan fingerprint density at radius 2 is 2.35 bits per heavy atom. The van der Waals surface area contributed by atoms with Crippen molar-refractivity contribution in [2.45, 2.75) is 6.42 Å². The third kappa shape index (κ3) is 3.74. The number of nitro groups is 1.